The molecule has 0 fully saturated rings. The third-order valence-electron chi connectivity index (χ3n) is 7.45. The zero-order valence-corrected chi connectivity index (χ0v) is 35.3. The number of hydrogen-bond donors (Lipinski definition) is 0. The minimum atomic E-state index is 0.422. The first-order valence-electron chi connectivity index (χ1n) is 18.3. The first kappa shape index (κ1) is 50.1. The van der Waals surface area contributed by atoms with Crippen molar-refractivity contribution in [2.24, 2.45) is 0 Å². The third-order valence-corrected chi connectivity index (χ3v) is 16.0. The quantitative estimate of drug-likeness (QED) is 0.0581. The van der Waals surface area contributed by atoms with Crippen LogP contribution in [0.5, 0.6) is 0 Å². The van der Waals surface area contributed by atoms with Gasteiger partial charge >= 0.3 is 27.0 Å². The van der Waals surface area contributed by atoms with E-state index in [1.54, 1.807) is 55.5 Å². The molecular weight excluding hydrogens is 662 g/mol. The van der Waals surface area contributed by atoms with Crippen molar-refractivity contribution < 1.29 is 17.3 Å². The molecule has 0 bridgehead atoms. The molecule has 0 aliphatic rings. The second-order valence-electron chi connectivity index (χ2n) is 11.7. The van der Waals surface area contributed by atoms with Crippen LogP contribution in [0, 0.1) is 0 Å². The molecule has 0 radical (unpaired) electrons. The van der Waals surface area contributed by atoms with Gasteiger partial charge in [0.15, 0.2) is 0 Å². The van der Waals surface area contributed by atoms with Gasteiger partial charge in [-0.3, -0.25) is 0 Å². The summed E-state index contributed by atoms with van der Waals surface area (Å²) in [5.74, 6) is 0. The summed E-state index contributed by atoms with van der Waals surface area (Å²) < 4.78 is 0. The van der Waals surface area contributed by atoms with E-state index in [2.05, 4.69) is 72.0 Å². The van der Waals surface area contributed by atoms with Crippen molar-refractivity contribution in [3.63, 3.8) is 0 Å². The number of halogens is 1. The average Bonchev–Trinajstić information content (AvgIpc) is 3.01. The Morgan fingerprint density at radius 2 is 0.366 bits per heavy atom. The molecule has 0 nitrogen and oxygen atoms in total. The molecule has 0 heterocycles. The minimum absolute atomic E-state index is 0.422. The first-order chi connectivity index (χ1) is 20.0. The zero-order valence-electron chi connectivity index (χ0n) is 30.2. The van der Waals surface area contributed by atoms with Crippen molar-refractivity contribution in [1.82, 2.24) is 0 Å². The van der Waals surface area contributed by atoms with Crippen LogP contribution in [0.1, 0.15) is 178 Å². The Morgan fingerprint density at radius 3 is 0.439 bits per heavy atom. The van der Waals surface area contributed by atoms with E-state index >= 15 is 0 Å². The second-order valence-corrected chi connectivity index (χ2v) is 19.8. The average molecular weight is 743 g/mol. The monoisotopic (exact) mass is 743 g/mol. The Hall–Kier alpha value is 2.20. The van der Waals surface area contributed by atoms with E-state index < -0.39 is 0 Å². The molecule has 41 heavy (non-hydrogen) atoms. The maximum absolute atomic E-state index is 4.57. The van der Waals surface area contributed by atoms with E-state index in [-0.39, 0.29) is 0 Å². The molecule has 255 valence electrons. The van der Waals surface area contributed by atoms with Gasteiger partial charge in [0.25, 0.3) is 0 Å². The van der Waals surface area contributed by atoms with Gasteiger partial charge in [-0.1, -0.05) is 120 Å². The van der Waals surface area contributed by atoms with Gasteiger partial charge in [0.2, 0.25) is 0 Å². The molecule has 0 aromatic heterocycles. The fraction of sp³-hybridized carbons (Fsp3) is 1.00. The fourth-order valence-electron chi connectivity index (χ4n) is 4.44. The van der Waals surface area contributed by atoms with Crippen LogP contribution >= 0.6 is 33.5 Å². The molecule has 0 saturated heterocycles. The van der Waals surface area contributed by atoms with Gasteiger partial charge in [0, 0.05) is 0 Å². The van der Waals surface area contributed by atoms with E-state index in [4.69, 9.17) is 0 Å². The summed E-state index contributed by atoms with van der Waals surface area (Å²) in [6, 6.07) is 0. The molecule has 0 saturated carbocycles. The molecule has 0 aromatic rings. The van der Waals surface area contributed by atoms with Crippen LogP contribution in [0.4, 0.5) is 0 Å². The van der Waals surface area contributed by atoms with Crippen molar-refractivity contribution in [2.45, 2.75) is 178 Å². The van der Waals surface area contributed by atoms with Gasteiger partial charge in [-0.25, -0.2) is 0 Å². The molecule has 0 atom stereocenters. The molecule has 0 amide bonds. The summed E-state index contributed by atoms with van der Waals surface area (Å²) >= 11 is 1.82. The summed E-state index contributed by atoms with van der Waals surface area (Å²) in [7, 11) is 5.83. The fourth-order valence-corrected chi connectivity index (χ4v) is 13.3. The van der Waals surface area contributed by atoms with Crippen molar-refractivity contribution in [3.8, 4) is 0 Å². The Bertz CT molecular complexity index is 287. The summed E-state index contributed by atoms with van der Waals surface area (Å²) in [6.07, 6.45) is 39.6. The Labute approximate surface area is 282 Å². The predicted molar refractivity (Wildman–Crippen MR) is 205 cm³/mol. The van der Waals surface area contributed by atoms with Crippen LogP contribution in [0.25, 0.3) is 0 Å². The summed E-state index contributed by atoms with van der Waals surface area (Å²) in [4.78, 5) is 0. The van der Waals surface area contributed by atoms with E-state index in [1.165, 1.54) is 116 Å². The molecule has 0 aliphatic heterocycles. The van der Waals surface area contributed by atoms with E-state index in [9.17, 15) is 0 Å². The maximum atomic E-state index is 4.57. The van der Waals surface area contributed by atoms with Crippen molar-refractivity contribution >= 4 is 33.5 Å². The SMILES string of the molecule is CCCCP(CCCC)CCCC.CCCCP(CCCC)CCCC.CCCCP(CCCC)CCCC.[Cl][Ru]. The van der Waals surface area contributed by atoms with Gasteiger partial charge in [-0.15, -0.1) is 23.8 Å². The van der Waals surface area contributed by atoms with Gasteiger partial charge in [0.05, 0.1) is 0 Å². The summed E-state index contributed by atoms with van der Waals surface area (Å²) in [5, 5.41) is 0. The van der Waals surface area contributed by atoms with Gasteiger partial charge in [0.1, 0.15) is 0 Å². The van der Waals surface area contributed by atoms with E-state index in [0.717, 1.165) is 0 Å². The van der Waals surface area contributed by atoms with Gasteiger partial charge in [-0.05, 0) is 113 Å². The zero-order chi connectivity index (χ0) is 31.8. The van der Waals surface area contributed by atoms with Crippen LogP contribution in [0.15, 0.2) is 0 Å². The number of rotatable bonds is 27. The van der Waals surface area contributed by atoms with Crippen LogP contribution in [0.2, 0.25) is 0 Å². The second kappa shape index (κ2) is 49.1. The predicted octanol–water partition coefficient (Wildman–Crippen LogP) is 15.3. The van der Waals surface area contributed by atoms with E-state index in [0.29, 0.717) is 23.8 Å². The standard InChI is InChI=1S/3C12H27P.ClH.Ru/c3*1-4-7-10-13(11-8-5-2)12-9-6-3;;/h3*4-12H2,1-3H3;1H;/q;;;;+1/p-1. The Kier molecular flexibility index (Phi) is 60.0. The molecule has 5 heteroatoms. The Morgan fingerprint density at radius 1 is 0.268 bits per heavy atom. The third kappa shape index (κ3) is 46.7. The van der Waals surface area contributed by atoms with Gasteiger partial charge < -0.3 is 0 Å². The summed E-state index contributed by atoms with van der Waals surface area (Å²) in [6.45, 7) is 20.8. The number of hydrogen-bond acceptors (Lipinski definition) is 0. The molecule has 0 aromatic carbocycles. The van der Waals surface area contributed by atoms with Crippen LogP contribution in [0.3, 0.4) is 0 Å². The Balaban J connectivity index is -0.000000243. The topological polar surface area (TPSA) is 0 Å². The van der Waals surface area contributed by atoms with Gasteiger partial charge in [-0.2, -0.15) is 0 Å². The normalized spacial score (nSPS) is 10.7. The summed E-state index contributed by atoms with van der Waals surface area (Å²) in [5.41, 5.74) is 0. The van der Waals surface area contributed by atoms with Crippen LogP contribution in [-0.2, 0) is 17.3 Å². The molecule has 0 spiro atoms. The van der Waals surface area contributed by atoms with E-state index in [1.807, 2.05) is 17.3 Å². The van der Waals surface area contributed by atoms with Crippen molar-refractivity contribution in [3.05, 3.63) is 0 Å². The van der Waals surface area contributed by atoms with Crippen LogP contribution in [-0.4, -0.2) is 55.5 Å². The molecule has 0 unspecified atom stereocenters. The first-order valence-corrected chi connectivity index (χ1v) is 26.3. The van der Waals surface area contributed by atoms with Crippen molar-refractivity contribution in [1.29, 1.82) is 0 Å². The molecule has 0 N–H and O–H groups in total. The molecular formula is C36H81ClP3Ru. The molecule has 0 aliphatic carbocycles. The molecule has 0 rings (SSSR count). The van der Waals surface area contributed by atoms with Crippen LogP contribution < -0.4 is 0 Å². The number of unbranched alkanes of at least 4 members (excludes halogenated alkanes) is 9. The van der Waals surface area contributed by atoms with Crippen molar-refractivity contribution in [2.75, 3.05) is 55.5 Å².